The topological polar surface area (TPSA) is 133 Å². The van der Waals surface area contributed by atoms with Gasteiger partial charge in [0.15, 0.2) is 0 Å². The minimum atomic E-state index is -1.07. The lowest BCUT2D eigenvalue weighted by atomic mass is 10.0. The van der Waals surface area contributed by atoms with Crippen LogP contribution in [-0.2, 0) is 9.59 Å². The molecule has 40 heavy (non-hydrogen) atoms. The lowest BCUT2D eigenvalue weighted by molar-refractivity contribution is -0.140. The van der Waals surface area contributed by atoms with E-state index in [0.717, 1.165) is 51.4 Å². The second kappa shape index (κ2) is 21.9. The highest BCUT2D eigenvalue weighted by Gasteiger charge is 2.22. The Morgan fingerprint density at radius 1 is 0.525 bits per heavy atom. The monoisotopic (exact) mass is 560 g/mol. The number of carbonyl (C=O) groups is 4. The number of unbranched alkanes of at least 4 members (excludes halogenated alkanes) is 14. The third kappa shape index (κ3) is 15.6. The highest BCUT2D eigenvalue weighted by molar-refractivity contribution is 5.99. The fraction of sp³-hybridized carbons (Fsp3) is 0.688. The van der Waals surface area contributed by atoms with Crippen LogP contribution in [0, 0.1) is 0 Å². The molecule has 1 aromatic carbocycles. The summed E-state index contributed by atoms with van der Waals surface area (Å²) in [4.78, 5) is 48.6. The number of aliphatic carboxylic acids is 2. The van der Waals surface area contributed by atoms with Gasteiger partial charge in [-0.25, -0.2) is 9.59 Å². The number of carboxylic acid groups (broad SMARTS) is 2. The van der Waals surface area contributed by atoms with E-state index in [1.807, 2.05) is 0 Å². The van der Waals surface area contributed by atoms with Crippen molar-refractivity contribution in [3.8, 4) is 0 Å². The number of hydrogen-bond acceptors (Lipinski definition) is 4. The first-order valence-corrected chi connectivity index (χ1v) is 15.5. The maximum atomic E-state index is 12.6. The zero-order valence-corrected chi connectivity index (χ0v) is 24.7. The Hall–Kier alpha value is -2.90. The van der Waals surface area contributed by atoms with E-state index >= 15 is 0 Å². The third-order valence-electron chi connectivity index (χ3n) is 7.31. The molecule has 0 radical (unpaired) electrons. The molecule has 4 N–H and O–H groups in total. The molecule has 0 saturated carbocycles. The van der Waals surface area contributed by atoms with Crippen LogP contribution in [0.3, 0.4) is 0 Å². The van der Waals surface area contributed by atoms with E-state index < -0.39 is 35.8 Å². The predicted octanol–water partition coefficient (Wildman–Crippen LogP) is 7.11. The average molecular weight is 561 g/mol. The van der Waals surface area contributed by atoms with Gasteiger partial charge in [-0.1, -0.05) is 117 Å². The molecule has 0 bridgehead atoms. The molecule has 0 aliphatic heterocycles. The van der Waals surface area contributed by atoms with Gasteiger partial charge in [0.2, 0.25) is 0 Å². The number of benzene rings is 1. The Balaban J connectivity index is 2.48. The first-order chi connectivity index (χ1) is 19.3. The maximum absolute atomic E-state index is 12.6. The van der Waals surface area contributed by atoms with Crippen molar-refractivity contribution in [3.63, 3.8) is 0 Å². The minimum absolute atomic E-state index is 0.243. The van der Waals surface area contributed by atoms with Crippen LogP contribution in [0.2, 0.25) is 0 Å². The molecule has 1 aromatic rings. The van der Waals surface area contributed by atoms with Crippen molar-refractivity contribution in [2.75, 3.05) is 0 Å². The van der Waals surface area contributed by atoms with Gasteiger partial charge >= 0.3 is 11.9 Å². The van der Waals surface area contributed by atoms with Crippen LogP contribution in [-0.4, -0.2) is 46.0 Å². The van der Waals surface area contributed by atoms with E-state index in [1.165, 1.54) is 75.6 Å². The Labute approximate surface area is 240 Å². The van der Waals surface area contributed by atoms with E-state index in [2.05, 4.69) is 24.5 Å². The zero-order valence-electron chi connectivity index (χ0n) is 24.7. The van der Waals surface area contributed by atoms with E-state index in [0.29, 0.717) is 12.8 Å². The van der Waals surface area contributed by atoms with Crippen LogP contribution in [0.5, 0.6) is 0 Å². The van der Waals surface area contributed by atoms with Crippen LogP contribution < -0.4 is 10.6 Å². The number of nitrogens with one attached hydrogen (secondary N) is 2. The number of carbonyl (C=O) groups excluding carboxylic acids is 2. The van der Waals surface area contributed by atoms with Gasteiger partial charge in [-0.2, -0.15) is 0 Å². The summed E-state index contributed by atoms with van der Waals surface area (Å²) < 4.78 is 0. The fourth-order valence-electron chi connectivity index (χ4n) is 4.74. The summed E-state index contributed by atoms with van der Waals surface area (Å²) in [6.07, 6.45) is 18.3. The van der Waals surface area contributed by atoms with Gasteiger partial charge < -0.3 is 20.8 Å². The molecule has 226 valence electrons. The number of rotatable bonds is 24. The molecule has 0 aliphatic carbocycles. The molecule has 0 fully saturated rings. The Bertz CT molecular complexity index is 800. The summed E-state index contributed by atoms with van der Waals surface area (Å²) in [7, 11) is 0. The van der Waals surface area contributed by atoms with Gasteiger partial charge in [0.25, 0.3) is 11.8 Å². The first kappa shape index (κ1) is 35.1. The lowest BCUT2D eigenvalue weighted by Crippen LogP contribution is -2.41. The Kier molecular flexibility index (Phi) is 19.2. The third-order valence-corrected chi connectivity index (χ3v) is 7.31. The standard InChI is InChI=1S/C32H52N2O6/c1-3-5-7-9-11-13-15-17-19-27(31(37)38)33-29(35)25-21-23-26(24-22-25)30(36)34-28(32(39)40)20-18-16-14-12-10-8-6-4-2/h21-24,27-28H,3-20H2,1-2H3,(H,33,35)(H,34,36)(H,37,38)(H,39,40). The van der Waals surface area contributed by atoms with E-state index in [9.17, 15) is 29.4 Å². The SMILES string of the molecule is CCCCCCCCCCC(NC(=O)c1ccc(C(=O)NC(CCCCCCCCCC)C(=O)O)cc1)C(=O)O. The number of hydrogen-bond donors (Lipinski definition) is 4. The highest BCUT2D eigenvalue weighted by atomic mass is 16.4. The number of amides is 2. The highest BCUT2D eigenvalue weighted by Crippen LogP contribution is 2.13. The molecule has 0 heterocycles. The molecule has 8 heteroatoms. The largest absolute Gasteiger partial charge is 0.480 e. The predicted molar refractivity (Wildman–Crippen MR) is 159 cm³/mol. The van der Waals surface area contributed by atoms with Crippen molar-refractivity contribution in [2.45, 2.75) is 142 Å². The van der Waals surface area contributed by atoms with Crippen LogP contribution in [0.25, 0.3) is 0 Å². The maximum Gasteiger partial charge on any atom is 0.326 e. The van der Waals surface area contributed by atoms with Crippen LogP contribution in [0.1, 0.15) is 150 Å². The van der Waals surface area contributed by atoms with E-state index in [4.69, 9.17) is 0 Å². The van der Waals surface area contributed by atoms with Gasteiger partial charge in [0.05, 0.1) is 0 Å². The van der Waals surface area contributed by atoms with Crippen molar-refractivity contribution in [3.05, 3.63) is 35.4 Å². The summed E-state index contributed by atoms with van der Waals surface area (Å²) in [5.41, 5.74) is 0.486. The van der Waals surface area contributed by atoms with Gasteiger partial charge in [-0.15, -0.1) is 0 Å². The molecule has 0 aromatic heterocycles. The quantitative estimate of drug-likeness (QED) is 0.0996. The lowest BCUT2D eigenvalue weighted by Gasteiger charge is -2.16. The van der Waals surface area contributed by atoms with Crippen LogP contribution >= 0.6 is 0 Å². The van der Waals surface area contributed by atoms with E-state index in [-0.39, 0.29) is 11.1 Å². The summed E-state index contributed by atoms with van der Waals surface area (Å²) in [5.74, 6) is -3.17. The number of carboxylic acids is 2. The molecule has 1 rings (SSSR count). The molecule has 2 amide bonds. The van der Waals surface area contributed by atoms with Crippen LogP contribution in [0.4, 0.5) is 0 Å². The smallest absolute Gasteiger partial charge is 0.326 e. The Morgan fingerprint density at radius 3 is 1.07 bits per heavy atom. The van der Waals surface area contributed by atoms with Gasteiger partial charge in [0.1, 0.15) is 12.1 Å². The molecular weight excluding hydrogens is 508 g/mol. The first-order valence-electron chi connectivity index (χ1n) is 15.5. The summed E-state index contributed by atoms with van der Waals surface area (Å²) in [6, 6.07) is 3.87. The normalized spacial score (nSPS) is 12.4. The second-order valence-electron chi connectivity index (χ2n) is 10.8. The Morgan fingerprint density at radius 2 is 0.800 bits per heavy atom. The zero-order chi connectivity index (χ0) is 29.6. The molecule has 2 unspecified atom stereocenters. The van der Waals surface area contributed by atoms with Crippen LogP contribution in [0.15, 0.2) is 24.3 Å². The summed E-state index contributed by atoms with van der Waals surface area (Å²) in [6.45, 7) is 4.36. The molecule has 8 nitrogen and oxygen atoms in total. The second-order valence-corrected chi connectivity index (χ2v) is 10.8. The molecule has 0 spiro atoms. The van der Waals surface area contributed by atoms with Crippen molar-refractivity contribution in [1.29, 1.82) is 0 Å². The van der Waals surface area contributed by atoms with Crippen molar-refractivity contribution >= 4 is 23.8 Å². The van der Waals surface area contributed by atoms with Crippen molar-refractivity contribution in [1.82, 2.24) is 10.6 Å². The molecule has 0 saturated heterocycles. The van der Waals surface area contributed by atoms with Gasteiger partial charge in [-0.05, 0) is 37.1 Å². The van der Waals surface area contributed by atoms with Gasteiger partial charge in [-0.3, -0.25) is 9.59 Å². The fourth-order valence-corrected chi connectivity index (χ4v) is 4.74. The molecule has 0 aliphatic rings. The summed E-state index contributed by atoms with van der Waals surface area (Å²) >= 11 is 0. The van der Waals surface area contributed by atoms with Crippen molar-refractivity contribution in [2.24, 2.45) is 0 Å². The van der Waals surface area contributed by atoms with Crippen molar-refractivity contribution < 1.29 is 29.4 Å². The molecular formula is C32H52N2O6. The average Bonchev–Trinajstić information content (AvgIpc) is 2.94. The minimum Gasteiger partial charge on any atom is -0.480 e. The van der Waals surface area contributed by atoms with E-state index in [1.54, 1.807) is 0 Å². The molecule has 2 atom stereocenters. The van der Waals surface area contributed by atoms with Gasteiger partial charge in [0, 0.05) is 11.1 Å². The summed E-state index contributed by atoms with van der Waals surface area (Å²) in [5, 5.41) is 24.2.